The molecule has 7 nitrogen and oxygen atoms in total. The lowest BCUT2D eigenvalue weighted by atomic mass is 10.1. The number of nitrogens with zero attached hydrogens (tertiary/aromatic N) is 2. The number of pyridine rings is 1. The number of rotatable bonds is 7. The Labute approximate surface area is 211 Å². The van der Waals surface area contributed by atoms with Gasteiger partial charge in [0.25, 0.3) is 11.8 Å². The first-order chi connectivity index (χ1) is 17.0. The lowest BCUT2D eigenvalue weighted by Gasteiger charge is -2.22. The molecule has 1 unspecified atom stereocenters. The van der Waals surface area contributed by atoms with Gasteiger partial charge in [-0.3, -0.25) is 14.6 Å². The van der Waals surface area contributed by atoms with Crippen LogP contribution in [-0.4, -0.2) is 26.8 Å². The Hall–Kier alpha value is -3.72. The summed E-state index contributed by atoms with van der Waals surface area (Å²) in [6.07, 6.45) is 2.27. The molecule has 0 spiro atoms. The second-order valence-electron chi connectivity index (χ2n) is 8.04. The molecule has 0 saturated carbocycles. The third-order valence-corrected chi connectivity index (χ3v) is 6.95. The standard InChI is InChI=1S/C26H21ClN4O3S/c27-22-8-7-21(35-22)24(32)30-20-6-2-5-19-23(20)26(34)31(25(19)33)15-17-4-1-3-16(13-17)14-29-18-9-11-28-12-10-18/h1-13,26,34H,14-15H2,(H,28,29)(H,30,32). The Bertz CT molecular complexity index is 1390. The van der Waals surface area contributed by atoms with Crippen LogP contribution in [0.5, 0.6) is 0 Å². The van der Waals surface area contributed by atoms with Crippen LogP contribution < -0.4 is 10.6 Å². The van der Waals surface area contributed by atoms with E-state index in [1.807, 2.05) is 36.4 Å². The van der Waals surface area contributed by atoms with Gasteiger partial charge in [0.15, 0.2) is 6.23 Å². The molecule has 2 aromatic carbocycles. The van der Waals surface area contributed by atoms with Crippen LogP contribution in [0.2, 0.25) is 4.34 Å². The van der Waals surface area contributed by atoms with E-state index >= 15 is 0 Å². The molecular formula is C26H21ClN4O3S. The first-order valence-electron chi connectivity index (χ1n) is 10.9. The SMILES string of the molecule is O=C(Nc1cccc2c1C(O)N(Cc1cccc(CNc3ccncc3)c1)C2=O)c1ccc(Cl)s1. The van der Waals surface area contributed by atoms with Crippen molar-refractivity contribution >= 4 is 46.1 Å². The first-order valence-corrected chi connectivity index (χ1v) is 12.1. The zero-order valence-corrected chi connectivity index (χ0v) is 20.0. The third-order valence-electron chi connectivity index (χ3n) is 5.72. The van der Waals surface area contributed by atoms with E-state index < -0.39 is 6.23 Å². The van der Waals surface area contributed by atoms with Crippen molar-refractivity contribution in [1.29, 1.82) is 0 Å². The zero-order valence-electron chi connectivity index (χ0n) is 18.4. The van der Waals surface area contributed by atoms with Gasteiger partial charge < -0.3 is 20.6 Å². The number of aliphatic hydroxyl groups is 1. The minimum atomic E-state index is -1.18. The lowest BCUT2D eigenvalue weighted by molar-refractivity contribution is 0.0140. The minimum absolute atomic E-state index is 0.228. The molecule has 0 radical (unpaired) electrons. The molecule has 1 aliphatic heterocycles. The van der Waals surface area contributed by atoms with Gasteiger partial charge in [0.05, 0.1) is 9.21 Å². The summed E-state index contributed by atoms with van der Waals surface area (Å²) >= 11 is 7.10. The highest BCUT2D eigenvalue weighted by Crippen LogP contribution is 2.38. The van der Waals surface area contributed by atoms with Crippen molar-refractivity contribution in [3.05, 3.63) is 111 Å². The average molecular weight is 505 g/mol. The second kappa shape index (κ2) is 9.87. The van der Waals surface area contributed by atoms with Gasteiger partial charge in [-0.25, -0.2) is 0 Å². The van der Waals surface area contributed by atoms with Crippen LogP contribution in [0.3, 0.4) is 0 Å². The van der Waals surface area contributed by atoms with E-state index in [4.69, 9.17) is 11.6 Å². The normalized spacial score (nSPS) is 14.6. The van der Waals surface area contributed by atoms with Crippen molar-refractivity contribution in [2.45, 2.75) is 19.3 Å². The summed E-state index contributed by atoms with van der Waals surface area (Å²) in [6, 6.07) is 19.9. The van der Waals surface area contributed by atoms with Gasteiger partial charge >= 0.3 is 0 Å². The number of thiophene rings is 1. The zero-order chi connectivity index (χ0) is 24.4. The molecule has 2 amide bonds. The number of aromatic nitrogens is 1. The van der Waals surface area contributed by atoms with Crippen LogP contribution in [0.15, 0.2) is 79.1 Å². The van der Waals surface area contributed by atoms with Gasteiger partial charge in [-0.1, -0.05) is 41.9 Å². The molecule has 1 aliphatic rings. The quantitative estimate of drug-likeness (QED) is 0.317. The number of carbonyl (C=O) groups is 2. The average Bonchev–Trinajstić information content (AvgIpc) is 3.41. The van der Waals surface area contributed by atoms with Gasteiger partial charge in [-0.05, 0) is 47.5 Å². The molecule has 0 saturated heterocycles. The number of nitrogens with one attached hydrogen (secondary N) is 2. The van der Waals surface area contributed by atoms with Gasteiger partial charge in [-0.15, -0.1) is 11.3 Å². The number of hydrogen-bond acceptors (Lipinski definition) is 6. The fourth-order valence-corrected chi connectivity index (χ4v) is 4.99. The topological polar surface area (TPSA) is 94.6 Å². The molecule has 0 fully saturated rings. The number of halogens is 1. The lowest BCUT2D eigenvalue weighted by Crippen LogP contribution is -2.27. The maximum Gasteiger partial charge on any atom is 0.265 e. The molecule has 9 heteroatoms. The summed E-state index contributed by atoms with van der Waals surface area (Å²) in [5.41, 5.74) is 4.05. The molecule has 35 heavy (non-hydrogen) atoms. The van der Waals surface area contributed by atoms with Gasteiger partial charge in [0.1, 0.15) is 0 Å². The van der Waals surface area contributed by atoms with E-state index in [9.17, 15) is 14.7 Å². The van der Waals surface area contributed by atoms with E-state index in [1.165, 1.54) is 4.90 Å². The Morgan fingerprint density at radius 2 is 1.83 bits per heavy atom. The molecule has 5 rings (SSSR count). The first kappa shape index (κ1) is 23.0. The van der Waals surface area contributed by atoms with Crippen LogP contribution in [-0.2, 0) is 13.1 Å². The van der Waals surface area contributed by atoms with E-state index in [1.54, 1.807) is 42.7 Å². The van der Waals surface area contributed by atoms with Crippen LogP contribution in [0, 0.1) is 0 Å². The Balaban J connectivity index is 1.32. The van der Waals surface area contributed by atoms with E-state index in [2.05, 4.69) is 15.6 Å². The van der Waals surface area contributed by atoms with Gasteiger partial charge in [0.2, 0.25) is 0 Å². The fourth-order valence-electron chi connectivity index (χ4n) is 4.05. The Kier molecular flexibility index (Phi) is 6.50. The number of fused-ring (bicyclic) bond motifs is 1. The van der Waals surface area contributed by atoms with Gasteiger partial charge in [0, 0.05) is 48.0 Å². The smallest absolute Gasteiger partial charge is 0.265 e. The van der Waals surface area contributed by atoms with Crippen LogP contribution in [0.25, 0.3) is 0 Å². The minimum Gasteiger partial charge on any atom is -0.381 e. The molecule has 0 bridgehead atoms. The number of amides is 2. The molecule has 0 aliphatic carbocycles. The monoisotopic (exact) mass is 504 g/mol. The highest BCUT2D eigenvalue weighted by molar-refractivity contribution is 7.18. The summed E-state index contributed by atoms with van der Waals surface area (Å²) in [5.74, 6) is -0.633. The van der Waals surface area contributed by atoms with Crippen molar-refractivity contribution in [1.82, 2.24) is 9.88 Å². The molecule has 3 N–H and O–H groups in total. The highest BCUT2D eigenvalue weighted by Gasteiger charge is 2.37. The summed E-state index contributed by atoms with van der Waals surface area (Å²) in [6.45, 7) is 0.836. The molecule has 176 valence electrons. The van der Waals surface area contributed by atoms with Crippen LogP contribution >= 0.6 is 22.9 Å². The largest absolute Gasteiger partial charge is 0.381 e. The summed E-state index contributed by atoms with van der Waals surface area (Å²) < 4.78 is 0.507. The summed E-state index contributed by atoms with van der Waals surface area (Å²) in [7, 11) is 0. The van der Waals surface area contributed by atoms with Crippen molar-refractivity contribution in [2.75, 3.05) is 10.6 Å². The summed E-state index contributed by atoms with van der Waals surface area (Å²) in [4.78, 5) is 31.6. The number of hydrogen-bond donors (Lipinski definition) is 3. The van der Waals surface area contributed by atoms with Crippen LogP contribution in [0.4, 0.5) is 11.4 Å². The van der Waals surface area contributed by atoms with Crippen molar-refractivity contribution in [3.63, 3.8) is 0 Å². The predicted octanol–water partition coefficient (Wildman–Crippen LogP) is 5.31. The van der Waals surface area contributed by atoms with Crippen molar-refractivity contribution in [2.24, 2.45) is 0 Å². The molecule has 1 atom stereocenters. The van der Waals surface area contributed by atoms with Gasteiger partial charge in [-0.2, -0.15) is 0 Å². The predicted molar refractivity (Wildman–Crippen MR) is 137 cm³/mol. The molecular weight excluding hydrogens is 484 g/mol. The molecule has 2 aromatic heterocycles. The third kappa shape index (κ3) is 4.90. The van der Waals surface area contributed by atoms with E-state index in [-0.39, 0.29) is 18.4 Å². The fraction of sp³-hybridized carbons (Fsp3) is 0.115. The Morgan fingerprint density at radius 3 is 2.60 bits per heavy atom. The van der Waals surface area contributed by atoms with E-state index in [0.29, 0.717) is 32.6 Å². The molecule has 3 heterocycles. The second-order valence-corrected chi connectivity index (χ2v) is 9.76. The Morgan fingerprint density at radius 1 is 1.06 bits per heavy atom. The maximum atomic E-state index is 13.1. The summed E-state index contributed by atoms with van der Waals surface area (Å²) in [5, 5.41) is 17.2. The number of anilines is 2. The van der Waals surface area contributed by atoms with Crippen molar-refractivity contribution in [3.8, 4) is 0 Å². The molecule has 4 aromatic rings. The van der Waals surface area contributed by atoms with Crippen LogP contribution in [0.1, 0.15) is 42.9 Å². The number of aliphatic hydroxyl groups excluding tert-OH is 1. The van der Waals surface area contributed by atoms with Crippen molar-refractivity contribution < 1.29 is 14.7 Å². The van der Waals surface area contributed by atoms with E-state index in [0.717, 1.165) is 28.2 Å². The highest BCUT2D eigenvalue weighted by atomic mass is 35.5. The number of carbonyl (C=O) groups excluding carboxylic acids is 2. The maximum absolute atomic E-state index is 13.1. The number of benzene rings is 2.